The van der Waals surface area contributed by atoms with Crippen LogP contribution in [0.25, 0.3) is 0 Å². The molecule has 1 N–H and O–H groups in total. The van der Waals surface area contributed by atoms with E-state index in [2.05, 4.69) is 11.9 Å². The predicted molar refractivity (Wildman–Crippen MR) is 63.0 cm³/mol. The van der Waals surface area contributed by atoms with Crippen LogP contribution in [0.1, 0.15) is 56.3 Å². The summed E-state index contributed by atoms with van der Waals surface area (Å²) < 4.78 is 0. The second kappa shape index (κ2) is 6.44. The average molecular weight is 207 g/mol. The fraction of sp³-hybridized carbons (Fsp3) is 0.615. The first-order valence-electron chi connectivity index (χ1n) is 5.92. The van der Waals surface area contributed by atoms with Gasteiger partial charge in [0.15, 0.2) is 5.78 Å². The van der Waals surface area contributed by atoms with E-state index in [0.29, 0.717) is 0 Å². The summed E-state index contributed by atoms with van der Waals surface area (Å²) in [6.07, 6.45) is 9.56. The summed E-state index contributed by atoms with van der Waals surface area (Å²) in [6, 6.07) is 1.85. The van der Waals surface area contributed by atoms with Crippen LogP contribution in [0, 0.1) is 5.92 Å². The highest BCUT2D eigenvalue weighted by Gasteiger charge is 2.14. The lowest BCUT2D eigenvalue weighted by molar-refractivity contribution is 0.0922. The van der Waals surface area contributed by atoms with Crippen molar-refractivity contribution >= 4 is 5.78 Å². The highest BCUT2D eigenvalue weighted by atomic mass is 16.1. The third-order valence-corrected chi connectivity index (χ3v) is 2.82. The van der Waals surface area contributed by atoms with E-state index in [1.807, 2.05) is 13.0 Å². The van der Waals surface area contributed by atoms with E-state index in [1.165, 1.54) is 25.7 Å². The fourth-order valence-electron chi connectivity index (χ4n) is 1.77. The first-order chi connectivity index (χ1) is 7.25. The van der Waals surface area contributed by atoms with Gasteiger partial charge in [-0.25, -0.2) is 0 Å². The first-order valence-corrected chi connectivity index (χ1v) is 5.92. The van der Waals surface area contributed by atoms with Crippen LogP contribution in [0.2, 0.25) is 0 Å². The van der Waals surface area contributed by atoms with Crippen molar-refractivity contribution in [1.82, 2.24) is 4.98 Å². The van der Waals surface area contributed by atoms with Gasteiger partial charge in [-0.15, -0.1) is 0 Å². The summed E-state index contributed by atoms with van der Waals surface area (Å²) in [4.78, 5) is 14.8. The molecule has 0 saturated carbocycles. The molecule has 1 unspecified atom stereocenters. The molecule has 0 bridgehead atoms. The molecule has 0 spiro atoms. The standard InChI is InChI=1S/C13H21NO/c1-3-4-5-6-7-11(2)13(15)12-8-9-14-10-12/h8-11,14H,3-7H2,1-2H3. The Hall–Kier alpha value is -1.05. The fourth-order valence-corrected chi connectivity index (χ4v) is 1.77. The Morgan fingerprint density at radius 1 is 1.40 bits per heavy atom. The molecule has 1 rings (SSSR count). The molecule has 0 aliphatic rings. The van der Waals surface area contributed by atoms with E-state index in [9.17, 15) is 4.79 Å². The Bertz CT molecular complexity index is 277. The number of carbonyl (C=O) groups is 1. The molecule has 0 aromatic carbocycles. The number of unbranched alkanes of at least 4 members (excludes halogenated alkanes) is 3. The molecule has 0 radical (unpaired) electrons. The van der Waals surface area contributed by atoms with Crippen LogP contribution >= 0.6 is 0 Å². The van der Waals surface area contributed by atoms with Crippen molar-refractivity contribution in [3.8, 4) is 0 Å². The highest BCUT2D eigenvalue weighted by Crippen LogP contribution is 2.15. The molecular weight excluding hydrogens is 186 g/mol. The van der Waals surface area contributed by atoms with E-state index in [4.69, 9.17) is 0 Å². The number of carbonyl (C=O) groups excluding carboxylic acids is 1. The minimum atomic E-state index is 0.164. The van der Waals surface area contributed by atoms with Crippen LogP contribution in [0.3, 0.4) is 0 Å². The zero-order valence-corrected chi connectivity index (χ0v) is 9.75. The van der Waals surface area contributed by atoms with E-state index in [-0.39, 0.29) is 11.7 Å². The smallest absolute Gasteiger partial charge is 0.167 e. The quantitative estimate of drug-likeness (QED) is 0.535. The first kappa shape index (κ1) is 12.0. The summed E-state index contributed by atoms with van der Waals surface area (Å²) >= 11 is 0. The minimum Gasteiger partial charge on any atom is -0.367 e. The largest absolute Gasteiger partial charge is 0.367 e. The lowest BCUT2D eigenvalue weighted by Crippen LogP contribution is -2.10. The number of nitrogens with one attached hydrogen (secondary N) is 1. The maximum Gasteiger partial charge on any atom is 0.167 e. The van der Waals surface area contributed by atoms with Crippen LogP contribution in [0.15, 0.2) is 18.5 Å². The highest BCUT2D eigenvalue weighted by molar-refractivity contribution is 5.97. The number of rotatable bonds is 7. The summed E-state index contributed by atoms with van der Waals surface area (Å²) in [6.45, 7) is 4.23. The van der Waals surface area contributed by atoms with Crippen molar-refractivity contribution < 1.29 is 4.79 Å². The zero-order valence-electron chi connectivity index (χ0n) is 9.75. The third-order valence-electron chi connectivity index (χ3n) is 2.82. The number of H-pyrrole nitrogens is 1. The Kier molecular flexibility index (Phi) is 5.16. The molecule has 15 heavy (non-hydrogen) atoms. The molecule has 1 aromatic heterocycles. The Labute approximate surface area is 92.1 Å². The van der Waals surface area contributed by atoms with Crippen LogP contribution in [-0.4, -0.2) is 10.8 Å². The molecule has 0 saturated heterocycles. The van der Waals surface area contributed by atoms with Gasteiger partial charge in [0.1, 0.15) is 0 Å². The van der Waals surface area contributed by atoms with Gasteiger partial charge in [-0.3, -0.25) is 4.79 Å². The topological polar surface area (TPSA) is 32.9 Å². The molecule has 84 valence electrons. The van der Waals surface area contributed by atoms with Crippen LogP contribution in [0.5, 0.6) is 0 Å². The summed E-state index contributed by atoms with van der Waals surface area (Å²) in [5.74, 6) is 0.436. The van der Waals surface area contributed by atoms with E-state index < -0.39 is 0 Å². The Morgan fingerprint density at radius 2 is 2.20 bits per heavy atom. The SMILES string of the molecule is CCCCCCC(C)C(=O)c1cc[nH]c1. The van der Waals surface area contributed by atoms with E-state index in [1.54, 1.807) is 12.4 Å². The number of hydrogen-bond donors (Lipinski definition) is 1. The lowest BCUT2D eigenvalue weighted by Gasteiger charge is -2.08. The summed E-state index contributed by atoms with van der Waals surface area (Å²) in [5.41, 5.74) is 0.818. The van der Waals surface area contributed by atoms with Crippen molar-refractivity contribution in [3.63, 3.8) is 0 Å². The van der Waals surface area contributed by atoms with Gasteiger partial charge in [-0.05, 0) is 12.5 Å². The van der Waals surface area contributed by atoms with Crippen molar-refractivity contribution in [2.75, 3.05) is 0 Å². The maximum atomic E-state index is 11.8. The molecule has 2 heteroatoms. The van der Waals surface area contributed by atoms with Gasteiger partial charge in [-0.1, -0.05) is 39.5 Å². The van der Waals surface area contributed by atoms with Gasteiger partial charge in [0, 0.05) is 23.9 Å². The minimum absolute atomic E-state index is 0.164. The van der Waals surface area contributed by atoms with Crippen LogP contribution in [-0.2, 0) is 0 Å². The lowest BCUT2D eigenvalue weighted by atomic mass is 9.95. The zero-order chi connectivity index (χ0) is 11.1. The van der Waals surface area contributed by atoms with Gasteiger partial charge >= 0.3 is 0 Å². The van der Waals surface area contributed by atoms with Gasteiger partial charge in [0.25, 0.3) is 0 Å². The van der Waals surface area contributed by atoms with Crippen molar-refractivity contribution in [3.05, 3.63) is 24.0 Å². The molecule has 1 aromatic rings. The number of hydrogen-bond acceptors (Lipinski definition) is 1. The third kappa shape index (κ3) is 3.90. The van der Waals surface area contributed by atoms with Crippen LogP contribution < -0.4 is 0 Å². The van der Waals surface area contributed by atoms with Crippen molar-refractivity contribution in [2.45, 2.75) is 46.0 Å². The normalized spacial score (nSPS) is 12.7. The van der Waals surface area contributed by atoms with Gasteiger partial charge < -0.3 is 4.98 Å². The molecule has 0 aliphatic heterocycles. The molecule has 0 fully saturated rings. The number of aromatic amines is 1. The number of ketones is 1. The Balaban J connectivity index is 2.28. The average Bonchev–Trinajstić information content (AvgIpc) is 2.76. The Morgan fingerprint density at radius 3 is 2.80 bits per heavy atom. The summed E-state index contributed by atoms with van der Waals surface area (Å²) in [5, 5.41) is 0. The second-order valence-corrected chi connectivity index (χ2v) is 4.21. The molecule has 1 heterocycles. The molecule has 0 amide bonds. The number of aromatic nitrogens is 1. The van der Waals surface area contributed by atoms with Gasteiger partial charge in [-0.2, -0.15) is 0 Å². The van der Waals surface area contributed by atoms with E-state index in [0.717, 1.165) is 12.0 Å². The van der Waals surface area contributed by atoms with Gasteiger partial charge in [0.2, 0.25) is 0 Å². The van der Waals surface area contributed by atoms with Gasteiger partial charge in [0.05, 0.1) is 0 Å². The monoisotopic (exact) mass is 207 g/mol. The van der Waals surface area contributed by atoms with Crippen molar-refractivity contribution in [2.24, 2.45) is 5.92 Å². The molecular formula is C13H21NO. The predicted octanol–water partition coefficient (Wildman–Crippen LogP) is 3.80. The molecule has 2 nitrogen and oxygen atoms in total. The van der Waals surface area contributed by atoms with E-state index >= 15 is 0 Å². The molecule has 1 atom stereocenters. The number of Topliss-reactive ketones (excluding diaryl/α,β-unsaturated/α-hetero) is 1. The summed E-state index contributed by atoms with van der Waals surface area (Å²) in [7, 11) is 0. The van der Waals surface area contributed by atoms with Crippen molar-refractivity contribution in [1.29, 1.82) is 0 Å². The second-order valence-electron chi connectivity index (χ2n) is 4.21. The molecule has 0 aliphatic carbocycles. The maximum absolute atomic E-state index is 11.8. The van der Waals surface area contributed by atoms with Crippen LogP contribution in [0.4, 0.5) is 0 Å².